The van der Waals surface area contributed by atoms with E-state index in [1.165, 1.54) is 57.8 Å². The van der Waals surface area contributed by atoms with E-state index in [1.54, 1.807) is 0 Å². The number of hydrogen-bond donors (Lipinski definition) is 2. The number of hydrogen-bond acceptors (Lipinski definition) is 3. The Labute approximate surface area is 142 Å². The first-order chi connectivity index (χ1) is 10.9. The van der Waals surface area contributed by atoms with Gasteiger partial charge in [0.25, 0.3) is 0 Å². The van der Waals surface area contributed by atoms with Crippen molar-refractivity contribution in [3.05, 3.63) is 0 Å². The van der Waals surface area contributed by atoms with Crippen LogP contribution in [0.15, 0.2) is 0 Å². The molecule has 2 rings (SSSR count). The summed E-state index contributed by atoms with van der Waals surface area (Å²) >= 11 is 0. The van der Waals surface area contributed by atoms with Crippen molar-refractivity contribution in [1.29, 1.82) is 0 Å². The van der Waals surface area contributed by atoms with Gasteiger partial charge in [-0.1, -0.05) is 38.5 Å². The molecule has 0 aromatic rings. The van der Waals surface area contributed by atoms with Crippen LogP contribution in [0, 0.1) is 11.8 Å². The van der Waals surface area contributed by atoms with E-state index in [0.29, 0.717) is 12.0 Å². The highest BCUT2D eigenvalue weighted by molar-refractivity contribution is 5.67. The molecule has 2 aliphatic rings. The molecule has 2 aliphatic carbocycles. The number of ether oxygens (including phenoxy) is 1. The van der Waals surface area contributed by atoms with Gasteiger partial charge in [-0.2, -0.15) is 0 Å². The number of amides is 1. The number of carbonyl (C=O) groups is 1. The quantitative estimate of drug-likeness (QED) is 0.768. The number of rotatable bonds is 6. The van der Waals surface area contributed by atoms with Crippen LogP contribution < -0.4 is 10.6 Å². The van der Waals surface area contributed by atoms with Gasteiger partial charge in [0.1, 0.15) is 5.60 Å². The van der Waals surface area contributed by atoms with Gasteiger partial charge in [0.15, 0.2) is 0 Å². The van der Waals surface area contributed by atoms with Gasteiger partial charge in [0.05, 0.1) is 0 Å². The van der Waals surface area contributed by atoms with Crippen molar-refractivity contribution in [2.75, 3.05) is 13.1 Å². The Hall–Kier alpha value is -0.770. The van der Waals surface area contributed by atoms with Crippen LogP contribution >= 0.6 is 0 Å². The van der Waals surface area contributed by atoms with Crippen molar-refractivity contribution in [1.82, 2.24) is 10.6 Å². The molecule has 2 saturated carbocycles. The summed E-state index contributed by atoms with van der Waals surface area (Å²) < 4.78 is 5.32. The lowest BCUT2D eigenvalue weighted by molar-refractivity contribution is 0.0517. The van der Waals surface area contributed by atoms with Gasteiger partial charge < -0.3 is 15.4 Å². The van der Waals surface area contributed by atoms with Crippen molar-refractivity contribution >= 4 is 6.09 Å². The van der Waals surface area contributed by atoms with Gasteiger partial charge in [0.2, 0.25) is 0 Å². The lowest BCUT2D eigenvalue weighted by Crippen LogP contribution is -2.41. The second-order valence-corrected chi connectivity index (χ2v) is 8.43. The van der Waals surface area contributed by atoms with Crippen LogP contribution in [0.3, 0.4) is 0 Å². The molecule has 0 heterocycles. The minimum Gasteiger partial charge on any atom is -0.444 e. The second kappa shape index (κ2) is 8.91. The molecule has 0 radical (unpaired) electrons. The highest BCUT2D eigenvalue weighted by Crippen LogP contribution is 2.28. The summed E-state index contributed by atoms with van der Waals surface area (Å²) in [6, 6.07) is 0.563. The minimum absolute atomic E-state index is 0.287. The molecular weight excluding hydrogens is 288 g/mol. The Morgan fingerprint density at radius 1 is 1.04 bits per heavy atom. The molecular formula is C19H36N2O2. The van der Waals surface area contributed by atoms with E-state index in [9.17, 15) is 4.79 Å². The molecule has 0 aliphatic heterocycles. The molecule has 23 heavy (non-hydrogen) atoms. The maximum absolute atomic E-state index is 11.8. The SMILES string of the molecule is CC(C)(C)OC(=O)NCC1CCCC1NCCC1CCCCC1. The van der Waals surface area contributed by atoms with E-state index in [0.717, 1.165) is 19.0 Å². The van der Waals surface area contributed by atoms with Crippen LogP contribution in [-0.4, -0.2) is 30.8 Å². The Bertz CT molecular complexity index is 359. The Kier molecular flexibility index (Phi) is 7.19. The molecule has 4 heteroatoms. The molecule has 2 atom stereocenters. The van der Waals surface area contributed by atoms with Crippen LogP contribution in [-0.2, 0) is 4.74 Å². The smallest absolute Gasteiger partial charge is 0.407 e. The van der Waals surface area contributed by atoms with Crippen LogP contribution in [0.5, 0.6) is 0 Å². The van der Waals surface area contributed by atoms with Crippen LogP contribution in [0.4, 0.5) is 4.79 Å². The average molecular weight is 325 g/mol. The molecule has 2 unspecified atom stereocenters. The van der Waals surface area contributed by atoms with E-state index >= 15 is 0 Å². The molecule has 2 fully saturated rings. The minimum atomic E-state index is -0.419. The molecule has 134 valence electrons. The van der Waals surface area contributed by atoms with Gasteiger partial charge in [-0.3, -0.25) is 0 Å². The van der Waals surface area contributed by atoms with E-state index in [2.05, 4.69) is 10.6 Å². The molecule has 0 bridgehead atoms. The molecule has 4 nitrogen and oxygen atoms in total. The molecule has 0 aromatic heterocycles. The Morgan fingerprint density at radius 2 is 1.78 bits per heavy atom. The summed E-state index contributed by atoms with van der Waals surface area (Å²) in [5, 5.41) is 6.71. The molecule has 0 spiro atoms. The summed E-state index contributed by atoms with van der Waals surface area (Å²) in [6.07, 6.45) is 11.9. The highest BCUT2D eigenvalue weighted by atomic mass is 16.6. The van der Waals surface area contributed by atoms with Gasteiger partial charge in [-0.25, -0.2) is 4.79 Å². The lowest BCUT2D eigenvalue weighted by atomic mass is 9.87. The zero-order valence-corrected chi connectivity index (χ0v) is 15.3. The largest absolute Gasteiger partial charge is 0.444 e. The molecule has 0 saturated heterocycles. The standard InChI is InChI=1S/C19H36N2O2/c1-19(2,3)23-18(22)21-14-16-10-7-11-17(16)20-13-12-15-8-5-4-6-9-15/h15-17,20H,4-14H2,1-3H3,(H,21,22). The van der Waals surface area contributed by atoms with Crippen molar-refractivity contribution in [2.45, 2.75) is 90.2 Å². The molecule has 2 N–H and O–H groups in total. The average Bonchev–Trinajstić information content (AvgIpc) is 2.92. The van der Waals surface area contributed by atoms with Gasteiger partial charge in [-0.05, 0) is 58.4 Å². The fourth-order valence-corrected chi connectivity index (χ4v) is 4.03. The highest BCUT2D eigenvalue weighted by Gasteiger charge is 2.28. The first kappa shape index (κ1) is 18.6. The third-order valence-electron chi connectivity index (χ3n) is 5.25. The van der Waals surface area contributed by atoms with Crippen molar-refractivity contribution in [2.24, 2.45) is 11.8 Å². The van der Waals surface area contributed by atoms with Crippen LogP contribution in [0.1, 0.15) is 78.6 Å². The predicted molar refractivity (Wildman–Crippen MR) is 94.6 cm³/mol. The van der Waals surface area contributed by atoms with E-state index in [4.69, 9.17) is 4.74 Å². The third kappa shape index (κ3) is 7.11. The van der Waals surface area contributed by atoms with E-state index in [1.807, 2.05) is 20.8 Å². The summed E-state index contributed by atoms with van der Waals surface area (Å²) in [6.45, 7) is 7.57. The number of alkyl carbamates (subject to hydrolysis) is 1. The fourth-order valence-electron chi connectivity index (χ4n) is 4.03. The lowest BCUT2D eigenvalue weighted by Gasteiger charge is -2.25. The zero-order chi connectivity index (χ0) is 16.7. The Balaban J connectivity index is 1.63. The summed E-state index contributed by atoms with van der Waals surface area (Å²) in [5.74, 6) is 1.49. The number of carbonyl (C=O) groups excluding carboxylic acids is 1. The van der Waals surface area contributed by atoms with Gasteiger partial charge in [0, 0.05) is 12.6 Å². The van der Waals surface area contributed by atoms with E-state index < -0.39 is 5.60 Å². The van der Waals surface area contributed by atoms with E-state index in [-0.39, 0.29) is 6.09 Å². The topological polar surface area (TPSA) is 50.4 Å². The normalized spacial score (nSPS) is 26.2. The van der Waals surface area contributed by atoms with Crippen molar-refractivity contribution < 1.29 is 9.53 Å². The maximum atomic E-state index is 11.8. The third-order valence-corrected chi connectivity index (χ3v) is 5.25. The number of nitrogens with one attached hydrogen (secondary N) is 2. The molecule has 0 aromatic carbocycles. The van der Waals surface area contributed by atoms with Crippen LogP contribution in [0.2, 0.25) is 0 Å². The second-order valence-electron chi connectivity index (χ2n) is 8.43. The predicted octanol–water partition coefficient (Wildman–Crippen LogP) is 4.24. The fraction of sp³-hybridized carbons (Fsp3) is 0.947. The van der Waals surface area contributed by atoms with Crippen molar-refractivity contribution in [3.8, 4) is 0 Å². The van der Waals surface area contributed by atoms with Gasteiger partial charge in [-0.15, -0.1) is 0 Å². The maximum Gasteiger partial charge on any atom is 0.407 e. The summed E-state index contributed by atoms with van der Waals surface area (Å²) in [7, 11) is 0. The zero-order valence-electron chi connectivity index (χ0n) is 15.3. The first-order valence-corrected chi connectivity index (χ1v) is 9.64. The Morgan fingerprint density at radius 3 is 2.48 bits per heavy atom. The van der Waals surface area contributed by atoms with Gasteiger partial charge >= 0.3 is 6.09 Å². The van der Waals surface area contributed by atoms with Crippen molar-refractivity contribution in [3.63, 3.8) is 0 Å². The molecule has 1 amide bonds. The summed E-state index contributed by atoms with van der Waals surface area (Å²) in [4.78, 5) is 11.8. The van der Waals surface area contributed by atoms with Crippen LogP contribution in [0.25, 0.3) is 0 Å². The first-order valence-electron chi connectivity index (χ1n) is 9.64. The monoisotopic (exact) mass is 324 g/mol. The summed E-state index contributed by atoms with van der Waals surface area (Å²) in [5.41, 5.74) is -0.419.